The van der Waals surface area contributed by atoms with Crippen molar-refractivity contribution < 1.29 is 28.7 Å². The zero-order valence-electron chi connectivity index (χ0n) is 27.2. The first-order valence-electron chi connectivity index (χ1n) is 15.9. The van der Waals surface area contributed by atoms with Crippen molar-refractivity contribution in [3.63, 3.8) is 0 Å². The van der Waals surface area contributed by atoms with E-state index in [1.54, 1.807) is 48.1 Å². The number of hydrogen-bond donors (Lipinski definition) is 2. The summed E-state index contributed by atoms with van der Waals surface area (Å²) in [5.41, 5.74) is 4.30. The number of aromatic nitrogens is 4. The lowest BCUT2D eigenvalue weighted by atomic mass is 10.0. The average molecular weight is 693 g/mol. The molecular formula is C35H32N8O6S. The van der Waals surface area contributed by atoms with E-state index in [0.717, 1.165) is 36.9 Å². The molecule has 0 saturated carbocycles. The van der Waals surface area contributed by atoms with Crippen LogP contribution in [0, 0.1) is 0 Å². The number of piperidine rings is 1. The Kier molecular flexibility index (Phi) is 9.15. The zero-order valence-corrected chi connectivity index (χ0v) is 28.0. The highest BCUT2D eigenvalue weighted by molar-refractivity contribution is 7.21. The number of rotatable bonds is 12. The number of benzene rings is 2. The van der Waals surface area contributed by atoms with E-state index < -0.39 is 29.7 Å². The van der Waals surface area contributed by atoms with E-state index in [1.807, 2.05) is 49.3 Å². The molecule has 0 aliphatic carbocycles. The van der Waals surface area contributed by atoms with E-state index in [1.165, 1.54) is 0 Å². The van der Waals surface area contributed by atoms with Crippen molar-refractivity contribution in [2.75, 3.05) is 50.7 Å². The summed E-state index contributed by atoms with van der Waals surface area (Å²) in [5, 5.41) is 6.22. The first kappa shape index (κ1) is 32.7. The molecule has 3 aromatic heterocycles. The normalized spacial score (nSPS) is 15.7. The quantitative estimate of drug-likeness (QED) is 0.144. The lowest BCUT2D eigenvalue weighted by molar-refractivity contribution is -0.136. The van der Waals surface area contributed by atoms with Crippen LogP contribution in [0.2, 0.25) is 0 Å². The molecule has 50 heavy (non-hydrogen) atoms. The van der Waals surface area contributed by atoms with Crippen LogP contribution in [0.1, 0.15) is 33.6 Å². The first-order valence-corrected chi connectivity index (χ1v) is 16.7. The molecule has 0 spiro atoms. The molecule has 4 amide bonds. The van der Waals surface area contributed by atoms with Gasteiger partial charge in [-0.05, 0) is 48.9 Å². The fraction of sp³-hybridized carbons (Fsp3) is 0.257. The SMILES string of the molecule is CN(C)c1ncc(-c2ccc(-c3nc4ccc(OCCOCCNc5cccc6c5C(=O)N(C5CCC(=O)NC5=O)C6=O)cc4s3)cn2)cn1. The number of carbonyl (C=O) groups excluding carboxylic acids is 4. The molecule has 5 heterocycles. The molecule has 0 bridgehead atoms. The van der Waals surface area contributed by atoms with Crippen molar-refractivity contribution in [3.05, 3.63) is 78.2 Å². The summed E-state index contributed by atoms with van der Waals surface area (Å²) in [6.07, 6.45) is 5.49. The molecule has 1 fully saturated rings. The number of fused-ring (bicyclic) bond motifs is 2. The van der Waals surface area contributed by atoms with Crippen LogP contribution in [0.3, 0.4) is 0 Å². The average Bonchev–Trinajstić information content (AvgIpc) is 3.66. The fourth-order valence-corrected chi connectivity index (χ4v) is 6.72. The standard InChI is InChI=1S/C35H32N8O6S/c1-42(2)35-38-18-21(19-39-35)24-8-6-20(17-37-24)32-40-25-9-7-22(16-28(25)50-32)49-15-14-48-13-12-36-26-5-3-4-23-30(26)34(47)43(33(23)46)27-10-11-29(44)41-31(27)45/h3-9,16-19,27,36H,10-15H2,1-2H3,(H,41,44,45). The summed E-state index contributed by atoms with van der Waals surface area (Å²) in [6.45, 7) is 1.36. The first-order chi connectivity index (χ1) is 24.3. The second-order valence-corrected chi connectivity index (χ2v) is 12.8. The Morgan fingerprint density at radius 1 is 0.940 bits per heavy atom. The van der Waals surface area contributed by atoms with Crippen LogP contribution in [0.15, 0.2) is 67.1 Å². The molecule has 2 aromatic carbocycles. The molecule has 14 nitrogen and oxygen atoms in total. The van der Waals surface area contributed by atoms with Crippen LogP contribution in [-0.2, 0) is 14.3 Å². The Hall–Kier alpha value is -5.80. The third-order valence-corrected chi connectivity index (χ3v) is 9.30. The van der Waals surface area contributed by atoms with Crippen LogP contribution >= 0.6 is 11.3 Å². The highest BCUT2D eigenvalue weighted by Crippen LogP contribution is 2.34. The molecule has 15 heteroatoms. The van der Waals surface area contributed by atoms with Crippen LogP contribution in [-0.4, -0.2) is 95.0 Å². The van der Waals surface area contributed by atoms with Crippen molar-refractivity contribution in [2.24, 2.45) is 0 Å². The van der Waals surface area contributed by atoms with E-state index in [-0.39, 0.29) is 24.0 Å². The number of anilines is 2. The minimum absolute atomic E-state index is 0.0646. The summed E-state index contributed by atoms with van der Waals surface area (Å²) in [5.74, 6) is -0.828. The third kappa shape index (κ3) is 6.60. The van der Waals surface area contributed by atoms with Crippen molar-refractivity contribution in [1.29, 1.82) is 0 Å². The van der Waals surface area contributed by atoms with Crippen molar-refractivity contribution in [1.82, 2.24) is 30.2 Å². The minimum Gasteiger partial charge on any atom is -0.491 e. The van der Waals surface area contributed by atoms with E-state index in [0.29, 0.717) is 43.8 Å². The van der Waals surface area contributed by atoms with Gasteiger partial charge in [0, 0.05) is 62.5 Å². The molecule has 2 aliphatic heterocycles. The second-order valence-electron chi connectivity index (χ2n) is 11.8. The maximum Gasteiger partial charge on any atom is 0.264 e. The maximum absolute atomic E-state index is 13.2. The molecule has 2 N–H and O–H groups in total. The number of nitrogens with zero attached hydrogens (tertiary/aromatic N) is 6. The molecule has 1 saturated heterocycles. The monoisotopic (exact) mass is 692 g/mol. The summed E-state index contributed by atoms with van der Waals surface area (Å²) in [6, 6.07) is 13.6. The lowest BCUT2D eigenvalue weighted by Crippen LogP contribution is -2.54. The van der Waals surface area contributed by atoms with E-state index in [2.05, 4.69) is 25.6 Å². The number of pyridine rings is 1. The number of ether oxygens (including phenoxy) is 2. The fourth-order valence-electron chi connectivity index (χ4n) is 5.73. The van der Waals surface area contributed by atoms with Crippen molar-refractivity contribution >= 4 is 56.8 Å². The summed E-state index contributed by atoms with van der Waals surface area (Å²) >= 11 is 1.55. The van der Waals surface area contributed by atoms with Gasteiger partial charge in [0.1, 0.15) is 23.4 Å². The van der Waals surface area contributed by atoms with Crippen LogP contribution < -0.4 is 20.3 Å². The van der Waals surface area contributed by atoms with E-state index in [4.69, 9.17) is 14.5 Å². The van der Waals surface area contributed by atoms with Gasteiger partial charge in [0.2, 0.25) is 17.8 Å². The smallest absolute Gasteiger partial charge is 0.264 e. The molecule has 0 radical (unpaired) electrons. The molecule has 7 rings (SSSR count). The molecule has 2 aliphatic rings. The van der Waals surface area contributed by atoms with Gasteiger partial charge in [0.05, 0.1) is 40.3 Å². The van der Waals surface area contributed by atoms with Crippen molar-refractivity contribution in [3.8, 4) is 27.6 Å². The number of hydrogen-bond acceptors (Lipinski definition) is 13. The third-order valence-electron chi connectivity index (χ3n) is 8.23. The van der Waals surface area contributed by atoms with Gasteiger partial charge in [-0.2, -0.15) is 0 Å². The van der Waals surface area contributed by atoms with Crippen molar-refractivity contribution in [2.45, 2.75) is 18.9 Å². The largest absolute Gasteiger partial charge is 0.491 e. The van der Waals surface area contributed by atoms with Gasteiger partial charge in [-0.1, -0.05) is 6.07 Å². The number of imide groups is 2. The predicted molar refractivity (Wildman–Crippen MR) is 186 cm³/mol. The Morgan fingerprint density at radius 2 is 1.76 bits per heavy atom. The van der Waals surface area contributed by atoms with Crippen LogP contribution in [0.5, 0.6) is 5.75 Å². The second kappa shape index (κ2) is 14.0. The molecular weight excluding hydrogens is 661 g/mol. The van der Waals surface area contributed by atoms with Gasteiger partial charge in [0.25, 0.3) is 11.8 Å². The van der Waals surface area contributed by atoms with Gasteiger partial charge in [-0.25, -0.2) is 15.0 Å². The maximum atomic E-state index is 13.2. The number of carbonyl (C=O) groups is 4. The number of nitrogens with one attached hydrogen (secondary N) is 2. The Morgan fingerprint density at radius 3 is 2.52 bits per heavy atom. The Balaban J connectivity index is 0.884. The zero-order chi connectivity index (χ0) is 34.8. The van der Waals surface area contributed by atoms with Gasteiger partial charge in [-0.3, -0.25) is 34.4 Å². The Labute approximate surface area is 290 Å². The summed E-state index contributed by atoms with van der Waals surface area (Å²) in [7, 11) is 3.79. The van der Waals surface area contributed by atoms with Gasteiger partial charge in [0.15, 0.2) is 0 Å². The topological polar surface area (TPSA) is 169 Å². The van der Waals surface area contributed by atoms with Gasteiger partial charge in [-0.15, -0.1) is 11.3 Å². The summed E-state index contributed by atoms with van der Waals surface area (Å²) < 4.78 is 12.6. The predicted octanol–water partition coefficient (Wildman–Crippen LogP) is 3.79. The van der Waals surface area contributed by atoms with Gasteiger partial charge >= 0.3 is 0 Å². The number of thiazole rings is 1. The highest BCUT2D eigenvalue weighted by Gasteiger charge is 2.45. The molecule has 1 atom stereocenters. The highest BCUT2D eigenvalue weighted by atomic mass is 32.1. The van der Waals surface area contributed by atoms with E-state index >= 15 is 0 Å². The molecule has 5 aromatic rings. The lowest BCUT2D eigenvalue weighted by Gasteiger charge is -2.27. The van der Waals surface area contributed by atoms with Crippen LogP contribution in [0.25, 0.3) is 32.0 Å². The Bertz CT molecular complexity index is 2100. The van der Waals surface area contributed by atoms with Gasteiger partial charge < -0.3 is 19.7 Å². The van der Waals surface area contributed by atoms with Crippen LogP contribution in [0.4, 0.5) is 11.6 Å². The van der Waals surface area contributed by atoms with E-state index in [9.17, 15) is 19.2 Å². The summed E-state index contributed by atoms with van der Waals surface area (Å²) in [4.78, 5) is 71.1. The minimum atomic E-state index is -1.02. The molecule has 254 valence electrons. The number of amides is 4. The molecule has 1 unspecified atom stereocenters.